The van der Waals surface area contributed by atoms with Gasteiger partial charge in [0.1, 0.15) is 6.61 Å². The number of halogens is 3. The molecule has 0 atom stereocenters. The van der Waals surface area contributed by atoms with Crippen LogP contribution in [-0.4, -0.2) is 42.6 Å². The fourth-order valence-electron chi connectivity index (χ4n) is 2.55. The van der Waals surface area contributed by atoms with Crippen LogP contribution < -0.4 is 10.2 Å². The molecule has 0 aromatic heterocycles. The van der Waals surface area contributed by atoms with Crippen LogP contribution in [0.1, 0.15) is 11.1 Å². The summed E-state index contributed by atoms with van der Waals surface area (Å²) < 4.78 is 44.3. The minimum absolute atomic E-state index is 0.0437. The van der Waals surface area contributed by atoms with Crippen LogP contribution in [0.15, 0.2) is 48.5 Å². The molecule has 6 nitrogen and oxygen atoms in total. The topological polar surface area (TPSA) is 82.0 Å². The second-order valence-corrected chi connectivity index (χ2v) is 5.85. The van der Waals surface area contributed by atoms with Gasteiger partial charge in [0.15, 0.2) is 0 Å². The average molecular weight is 398 g/mol. The number of amides is 1. The number of alkyl halides is 3. The Morgan fingerprint density at radius 2 is 1.68 bits per heavy atom. The lowest BCUT2D eigenvalue weighted by Crippen LogP contribution is -2.31. The zero-order chi connectivity index (χ0) is 20.6. The number of hydrogen-bond acceptors (Lipinski definition) is 5. The lowest BCUT2D eigenvalue weighted by Gasteiger charge is -2.26. The Morgan fingerprint density at radius 1 is 1.04 bits per heavy atom. The summed E-state index contributed by atoms with van der Waals surface area (Å²) in [6, 6.07) is 11.7. The first kappa shape index (κ1) is 21.5. The number of rotatable bonds is 8. The minimum Gasteiger partial charge on any atom is -0.444 e. The SMILES string of the molecule is O=C(Nc1cc(C(F)(F)F)ccc1N(CCO)CCO)OCc1ccccc1. The highest BCUT2D eigenvalue weighted by Gasteiger charge is 2.31. The molecule has 0 heterocycles. The van der Waals surface area contributed by atoms with Gasteiger partial charge in [-0.2, -0.15) is 13.2 Å². The molecule has 0 unspecified atom stereocenters. The molecule has 0 bridgehead atoms. The van der Waals surface area contributed by atoms with Gasteiger partial charge < -0.3 is 19.8 Å². The highest BCUT2D eigenvalue weighted by atomic mass is 19.4. The lowest BCUT2D eigenvalue weighted by molar-refractivity contribution is -0.137. The molecule has 9 heteroatoms. The van der Waals surface area contributed by atoms with Crippen molar-refractivity contribution in [2.24, 2.45) is 0 Å². The van der Waals surface area contributed by atoms with Crippen molar-refractivity contribution in [3.8, 4) is 0 Å². The molecule has 0 fully saturated rings. The van der Waals surface area contributed by atoms with Gasteiger partial charge in [-0.1, -0.05) is 30.3 Å². The molecule has 0 aliphatic carbocycles. The normalized spacial score (nSPS) is 11.2. The Morgan fingerprint density at radius 3 is 2.25 bits per heavy atom. The number of ether oxygens (including phenoxy) is 1. The largest absolute Gasteiger partial charge is 0.444 e. The van der Waals surface area contributed by atoms with Crippen LogP contribution in [0.5, 0.6) is 0 Å². The molecule has 0 radical (unpaired) electrons. The highest BCUT2D eigenvalue weighted by Crippen LogP contribution is 2.35. The second kappa shape index (κ2) is 9.95. The number of anilines is 2. The molecule has 1 amide bonds. The van der Waals surface area contributed by atoms with Crippen molar-refractivity contribution in [1.29, 1.82) is 0 Å². The summed E-state index contributed by atoms with van der Waals surface area (Å²) in [5.41, 5.74) is -0.116. The lowest BCUT2D eigenvalue weighted by atomic mass is 10.1. The Balaban J connectivity index is 2.23. The van der Waals surface area contributed by atoms with Crippen LogP contribution in [0.4, 0.5) is 29.3 Å². The van der Waals surface area contributed by atoms with Crippen molar-refractivity contribution in [2.75, 3.05) is 36.5 Å². The van der Waals surface area contributed by atoms with E-state index in [0.717, 1.165) is 17.7 Å². The predicted molar refractivity (Wildman–Crippen MR) is 98.1 cm³/mol. The van der Waals surface area contributed by atoms with Crippen molar-refractivity contribution >= 4 is 17.5 Å². The van der Waals surface area contributed by atoms with Crippen LogP contribution in [0.25, 0.3) is 0 Å². The van der Waals surface area contributed by atoms with E-state index < -0.39 is 17.8 Å². The molecule has 0 saturated heterocycles. The second-order valence-electron chi connectivity index (χ2n) is 5.85. The standard InChI is InChI=1S/C19H21F3N2O4/c20-19(21,22)15-6-7-17(24(8-10-25)9-11-26)16(12-15)23-18(27)28-13-14-4-2-1-3-5-14/h1-7,12,25-26H,8-11,13H2,(H,23,27). The van der Waals surface area contributed by atoms with Crippen molar-refractivity contribution in [3.05, 3.63) is 59.7 Å². The smallest absolute Gasteiger partial charge is 0.416 e. The molecular weight excluding hydrogens is 377 g/mol. The van der Waals surface area contributed by atoms with Crippen LogP contribution >= 0.6 is 0 Å². The van der Waals surface area contributed by atoms with Crippen LogP contribution in [0.3, 0.4) is 0 Å². The van der Waals surface area contributed by atoms with E-state index in [4.69, 9.17) is 4.74 Å². The van der Waals surface area contributed by atoms with Crippen molar-refractivity contribution in [2.45, 2.75) is 12.8 Å². The first-order chi connectivity index (χ1) is 13.3. The molecule has 28 heavy (non-hydrogen) atoms. The summed E-state index contributed by atoms with van der Waals surface area (Å²) in [4.78, 5) is 13.6. The molecule has 3 N–H and O–H groups in total. The monoisotopic (exact) mass is 398 g/mol. The van der Waals surface area contributed by atoms with E-state index in [0.29, 0.717) is 0 Å². The third-order valence-electron chi connectivity index (χ3n) is 3.85. The van der Waals surface area contributed by atoms with E-state index in [1.165, 1.54) is 11.0 Å². The number of carbonyl (C=O) groups is 1. The number of benzene rings is 2. The third-order valence-corrected chi connectivity index (χ3v) is 3.85. The fraction of sp³-hybridized carbons (Fsp3) is 0.316. The number of carbonyl (C=O) groups excluding carboxylic acids is 1. The highest BCUT2D eigenvalue weighted by molar-refractivity contribution is 5.90. The maximum atomic E-state index is 13.1. The number of hydrogen-bond donors (Lipinski definition) is 3. The van der Waals surface area contributed by atoms with Crippen LogP contribution in [0.2, 0.25) is 0 Å². The Bertz CT molecular complexity index is 764. The van der Waals surface area contributed by atoms with Gasteiger partial charge in [0.25, 0.3) is 0 Å². The Kier molecular flexibility index (Phi) is 7.65. The summed E-state index contributed by atoms with van der Waals surface area (Å²) in [7, 11) is 0. The number of nitrogens with zero attached hydrogens (tertiary/aromatic N) is 1. The number of aliphatic hydroxyl groups excluding tert-OH is 2. The van der Waals surface area contributed by atoms with Crippen molar-refractivity contribution < 1.29 is 32.9 Å². The molecule has 0 saturated carbocycles. The van der Waals surface area contributed by atoms with Gasteiger partial charge in [0, 0.05) is 13.1 Å². The zero-order valence-electron chi connectivity index (χ0n) is 14.9. The van der Waals surface area contributed by atoms with Gasteiger partial charge in [-0.05, 0) is 23.8 Å². The molecule has 2 aromatic rings. The molecule has 152 valence electrons. The van der Waals surface area contributed by atoms with Gasteiger partial charge >= 0.3 is 12.3 Å². The minimum atomic E-state index is -4.60. The quantitative estimate of drug-likeness (QED) is 0.636. The van der Waals surface area contributed by atoms with E-state index in [2.05, 4.69) is 5.32 Å². The molecule has 0 aliphatic heterocycles. The van der Waals surface area contributed by atoms with Gasteiger partial charge in [0.2, 0.25) is 0 Å². The van der Waals surface area contributed by atoms with E-state index in [1.54, 1.807) is 30.3 Å². The van der Waals surface area contributed by atoms with Gasteiger partial charge in [-0.25, -0.2) is 4.79 Å². The summed E-state index contributed by atoms with van der Waals surface area (Å²) in [5.74, 6) is 0. The Hall–Kier alpha value is -2.78. The summed E-state index contributed by atoms with van der Waals surface area (Å²) in [5, 5.41) is 20.7. The summed E-state index contributed by atoms with van der Waals surface area (Å²) in [6.07, 6.45) is -5.51. The van der Waals surface area contributed by atoms with Crippen LogP contribution in [0, 0.1) is 0 Å². The van der Waals surface area contributed by atoms with Gasteiger partial charge in [-0.15, -0.1) is 0 Å². The molecule has 0 spiro atoms. The Labute approximate surface area is 160 Å². The van der Waals surface area contributed by atoms with E-state index in [1.807, 2.05) is 0 Å². The molecule has 0 aliphatic rings. The van der Waals surface area contributed by atoms with E-state index in [-0.39, 0.29) is 44.3 Å². The fourth-order valence-corrected chi connectivity index (χ4v) is 2.55. The van der Waals surface area contributed by atoms with E-state index in [9.17, 15) is 28.2 Å². The van der Waals surface area contributed by atoms with E-state index >= 15 is 0 Å². The third kappa shape index (κ3) is 6.14. The summed E-state index contributed by atoms with van der Waals surface area (Å²) >= 11 is 0. The molecular formula is C19H21F3N2O4. The van der Waals surface area contributed by atoms with Crippen molar-refractivity contribution in [3.63, 3.8) is 0 Å². The van der Waals surface area contributed by atoms with Gasteiger partial charge in [-0.3, -0.25) is 5.32 Å². The van der Waals surface area contributed by atoms with Gasteiger partial charge in [0.05, 0.1) is 30.2 Å². The maximum absolute atomic E-state index is 13.1. The predicted octanol–water partition coefficient (Wildman–Crippen LogP) is 3.25. The molecule has 2 aromatic carbocycles. The molecule has 2 rings (SSSR count). The maximum Gasteiger partial charge on any atom is 0.416 e. The zero-order valence-corrected chi connectivity index (χ0v) is 14.9. The summed E-state index contributed by atoms with van der Waals surface area (Å²) in [6.45, 7) is -0.463. The first-order valence-electron chi connectivity index (χ1n) is 8.50. The van der Waals surface area contributed by atoms with Crippen molar-refractivity contribution in [1.82, 2.24) is 0 Å². The average Bonchev–Trinajstić information content (AvgIpc) is 2.66. The first-order valence-corrected chi connectivity index (χ1v) is 8.50. The number of nitrogens with one attached hydrogen (secondary N) is 1. The van der Waals surface area contributed by atoms with Crippen LogP contribution in [-0.2, 0) is 17.5 Å². The number of aliphatic hydroxyl groups is 2.